The van der Waals surface area contributed by atoms with Crippen LogP contribution in [-0.2, 0) is 4.79 Å². The molecule has 2 aromatic carbocycles. The van der Waals surface area contributed by atoms with Gasteiger partial charge in [-0.2, -0.15) is 0 Å². The Morgan fingerprint density at radius 2 is 1.76 bits per heavy atom. The van der Waals surface area contributed by atoms with Crippen LogP contribution in [-0.4, -0.2) is 50.1 Å². The van der Waals surface area contributed by atoms with E-state index in [0.717, 1.165) is 57.8 Å². The molecule has 0 N–H and O–H groups in total. The van der Waals surface area contributed by atoms with Gasteiger partial charge in [0.1, 0.15) is 0 Å². The van der Waals surface area contributed by atoms with E-state index in [1.165, 1.54) is 15.8 Å². The molecule has 1 amide bonds. The molecule has 2 heterocycles. The first kappa shape index (κ1) is 19.9. The van der Waals surface area contributed by atoms with Crippen molar-refractivity contribution in [1.82, 2.24) is 4.90 Å². The van der Waals surface area contributed by atoms with Crippen LogP contribution in [0.5, 0.6) is 0 Å². The smallest absolute Gasteiger partial charge is 0.223 e. The number of anilines is 2. The lowest BCUT2D eigenvalue weighted by Crippen LogP contribution is -2.46. The summed E-state index contributed by atoms with van der Waals surface area (Å²) in [6.45, 7) is 7.93. The summed E-state index contributed by atoms with van der Waals surface area (Å²) in [7, 11) is 0. The van der Waals surface area contributed by atoms with E-state index in [4.69, 9.17) is 0 Å². The van der Waals surface area contributed by atoms with E-state index >= 15 is 0 Å². The second kappa shape index (κ2) is 9.42. The summed E-state index contributed by atoms with van der Waals surface area (Å²) in [6.07, 6.45) is 2.15. The van der Waals surface area contributed by atoms with E-state index in [2.05, 4.69) is 39.4 Å². The van der Waals surface area contributed by atoms with Crippen molar-refractivity contribution in [3.63, 3.8) is 0 Å². The Hall–Kier alpha value is -2.37. The lowest BCUT2D eigenvalue weighted by molar-refractivity contribution is -0.116. The minimum absolute atomic E-state index is 0.118. The Balaban J connectivity index is 1.23. The quantitative estimate of drug-likeness (QED) is 0.524. The van der Waals surface area contributed by atoms with Crippen LogP contribution in [0.3, 0.4) is 0 Å². The average Bonchev–Trinajstić information content (AvgIpc) is 3.23. The van der Waals surface area contributed by atoms with Gasteiger partial charge in [-0.1, -0.05) is 24.3 Å². The maximum Gasteiger partial charge on any atom is 0.223 e. The van der Waals surface area contributed by atoms with Gasteiger partial charge in [0.15, 0.2) is 0 Å². The van der Waals surface area contributed by atoms with Crippen molar-refractivity contribution in [3.05, 3.63) is 60.0 Å². The first-order chi connectivity index (χ1) is 14.2. The van der Waals surface area contributed by atoms with Crippen LogP contribution in [0.4, 0.5) is 11.4 Å². The summed E-state index contributed by atoms with van der Waals surface area (Å²) in [6, 6.07) is 18.9. The number of thiophene rings is 1. The molecule has 152 valence electrons. The van der Waals surface area contributed by atoms with Crippen molar-refractivity contribution in [2.24, 2.45) is 0 Å². The first-order valence-electron chi connectivity index (χ1n) is 10.5. The van der Waals surface area contributed by atoms with E-state index in [1.54, 1.807) is 6.92 Å². The van der Waals surface area contributed by atoms with E-state index in [9.17, 15) is 4.79 Å². The molecule has 0 atom stereocenters. The third-order valence-electron chi connectivity index (χ3n) is 5.74. The molecule has 0 bridgehead atoms. The predicted octanol–water partition coefficient (Wildman–Crippen LogP) is 4.86. The molecule has 5 heteroatoms. The molecule has 1 fully saturated rings. The molecule has 0 aliphatic carbocycles. The number of amides is 1. The number of rotatable bonds is 7. The first-order valence-corrected chi connectivity index (χ1v) is 11.4. The minimum atomic E-state index is 0.118. The topological polar surface area (TPSA) is 26.8 Å². The molecular formula is C24H29N3OS. The van der Waals surface area contributed by atoms with Gasteiger partial charge in [0.25, 0.3) is 0 Å². The number of unbranched alkanes of at least 4 members (excludes halogenated alkanes) is 1. The van der Waals surface area contributed by atoms with Crippen LogP contribution >= 0.6 is 11.3 Å². The number of benzene rings is 2. The van der Waals surface area contributed by atoms with Crippen LogP contribution < -0.4 is 9.80 Å². The monoisotopic (exact) mass is 407 g/mol. The van der Waals surface area contributed by atoms with Crippen LogP contribution in [0.25, 0.3) is 10.1 Å². The molecule has 4 nitrogen and oxygen atoms in total. The summed E-state index contributed by atoms with van der Waals surface area (Å²) in [5.74, 6) is 0.118. The lowest BCUT2D eigenvalue weighted by Gasteiger charge is -2.36. The summed E-state index contributed by atoms with van der Waals surface area (Å²) in [4.78, 5) is 19.0. The van der Waals surface area contributed by atoms with E-state index in [1.807, 2.05) is 46.6 Å². The maximum absolute atomic E-state index is 12.0. The van der Waals surface area contributed by atoms with Gasteiger partial charge in [0.05, 0.1) is 0 Å². The van der Waals surface area contributed by atoms with Crippen molar-refractivity contribution in [2.45, 2.75) is 19.8 Å². The number of hydrogen-bond donors (Lipinski definition) is 0. The molecule has 1 aromatic heterocycles. The van der Waals surface area contributed by atoms with Gasteiger partial charge in [-0.3, -0.25) is 9.69 Å². The van der Waals surface area contributed by atoms with E-state index < -0.39 is 0 Å². The van der Waals surface area contributed by atoms with Crippen molar-refractivity contribution in [3.8, 4) is 0 Å². The highest BCUT2D eigenvalue weighted by Gasteiger charge is 2.19. The van der Waals surface area contributed by atoms with Crippen molar-refractivity contribution >= 4 is 38.7 Å². The molecule has 4 rings (SSSR count). The highest BCUT2D eigenvalue weighted by molar-refractivity contribution is 7.17. The second-order valence-corrected chi connectivity index (χ2v) is 8.60. The Bertz CT molecular complexity index is 931. The summed E-state index contributed by atoms with van der Waals surface area (Å²) in [5.41, 5.74) is 2.37. The fourth-order valence-electron chi connectivity index (χ4n) is 4.15. The SMILES string of the molecule is CC(=O)N(CCCCN1CCN(c2cccc3sccc23)CC1)c1ccccc1. The molecule has 0 saturated carbocycles. The zero-order chi connectivity index (χ0) is 20.1. The third kappa shape index (κ3) is 4.80. The van der Waals surface area contributed by atoms with Crippen LogP contribution in [0, 0.1) is 0 Å². The Morgan fingerprint density at radius 3 is 2.52 bits per heavy atom. The van der Waals surface area contributed by atoms with E-state index in [0.29, 0.717) is 0 Å². The van der Waals surface area contributed by atoms with Crippen molar-refractivity contribution in [2.75, 3.05) is 49.1 Å². The summed E-state index contributed by atoms with van der Waals surface area (Å²) >= 11 is 1.82. The lowest BCUT2D eigenvalue weighted by atomic mass is 10.1. The minimum Gasteiger partial charge on any atom is -0.368 e. The Morgan fingerprint density at radius 1 is 0.966 bits per heavy atom. The van der Waals surface area contributed by atoms with Gasteiger partial charge in [0, 0.05) is 61.1 Å². The fourth-order valence-corrected chi connectivity index (χ4v) is 4.96. The number of carbonyl (C=O) groups excluding carboxylic acids is 1. The molecule has 0 unspecified atom stereocenters. The number of para-hydroxylation sites is 1. The molecule has 1 aliphatic heterocycles. The molecular weight excluding hydrogens is 378 g/mol. The fraction of sp³-hybridized carbons (Fsp3) is 0.375. The number of nitrogens with zero attached hydrogens (tertiary/aromatic N) is 3. The number of hydrogen-bond acceptors (Lipinski definition) is 4. The van der Waals surface area contributed by atoms with E-state index in [-0.39, 0.29) is 5.91 Å². The Labute approximate surface area is 177 Å². The van der Waals surface area contributed by atoms with Gasteiger partial charge in [-0.05, 0) is 55.1 Å². The van der Waals surface area contributed by atoms with Crippen molar-refractivity contribution in [1.29, 1.82) is 0 Å². The van der Waals surface area contributed by atoms with Gasteiger partial charge in [0.2, 0.25) is 5.91 Å². The highest BCUT2D eigenvalue weighted by atomic mass is 32.1. The molecule has 0 radical (unpaired) electrons. The number of carbonyl (C=O) groups is 1. The number of piperazine rings is 1. The van der Waals surface area contributed by atoms with Gasteiger partial charge in [-0.25, -0.2) is 0 Å². The van der Waals surface area contributed by atoms with Gasteiger partial charge in [-0.15, -0.1) is 11.3 Å². The molecule has 3 aromatic rings. The zero-order valence-electron chi connectivity index (χ0n) is 17.1. The molecule has 1 saturated heterocycles. The van der Waals surface area contributed by atoms with Crippen LogP contribution in [0.2, 0.25) is 0 Å². The summed E-state index contributed by atoms with van der Waals surface area (Å²) < 4.78 is 1.37. The average molecular weight is 408 g/mol. The predicted molar refractivity (Wildman–Crippen MR) is 124 cm³/mol. The maximum atomic E-state index is 12.0. The standard InChI is InChI=1S/C24H29N3OS/c1-20(28)27(21-8-3-2-4-9-21)14-6-5-13-25-15-17-26(18-16-25)23-10-7-11-24-22(23)12-19-29-24/h2-4,7-12,19H,5-6,13-18H2,1H3. The normalized spacial score (nSPS) is 15.0. The molecule has 29 heavy (non-hydrogen) atoms. The van der Waals surface area contributed by atoms with Crippen LogP contribution in [0.15, 0.2) is 60.0 Å². The zero-order valence-corrected chi connectivity index (χ0v) is 17.9. The third-order valence-corrected chi connectivity index (χ3v) is 6.62. The van der Waals surface area contributed by atoms with Crippen LogP contribution in [0.1, 0.15) is 19.8 Å². The molecule has 1 aliphatic rings. The van der Waals surface area contributed by atoms with Gasteiger partial charge >= 0.3 is 0 Å². The molecule has 0 spiro atoms. The Kier molecular flexibility index (Phi) is 6.47. The van der Waals surface area contributed by atoms with Gasteiger partial charge < -0.3 is 9.80 Å². The largest absolute Gasteiger partial charge is 0.368 e. The summed E-state index contributed by atoms with van der Waals surface area (Å²) in [5, 5.41) is 3.57. The van der Waals surface area contributed by atoms with Crippen molar-refractivity contribution < 1.29 is 4.79 Å². The highest BCUT2D eigenvalue weighted by Crippen LogP contribution is 2.31. The number of fused-ring (bicyclic) bond motifs is 1. The second-order valence-electron chi connectivity index (χ2n) is 7.65.